The number of hydrogen-bond donors (Lipinski definition) is 4. The van der Waals surface area contributed by atoms with Crippen molar-refractivity contribution in [3.05, 3.63) is 35.5 Å². The van der Waals surface area contributed by atoms with Crippen LogP contribution in [0.3, 0.4) is 0 Å². The average Bonchev–Trinajstić information content (AvgIpc) is 3.01. The molecule has 2 aromatic rings. The van der Waals surface area contributed by atoms with Crippen molar-refractivity contribution >= 4 is 16.9 Å². The van der Waals surface area contributed by atoms with E-state index in [1.807, 2.05) is 13.1 Å². The fraction of sp³-hybridized carbons (Fsp3) is 0.438. The van der Waals surface area contributed by atoms with Crippen molar-refractivity contribution in [2.45, 2.75) is 38.3 Å². The molecule has 0 saturated carbocycles. The third kappa shape index (κ3) is 2.49. The standard InChI is InChI=1S/C16H22N4O/c1-9(15-10(2)19-16(21)20-15)11-3-4-14-13(7-11)12(5-6-17)8-18-14/h3-4,7-10,15,18H,5-6,17H2,1-2H3,(H2,19,20,21). The van der Waals surface area contributed by atoms with Crippen molar-refractivity contribution in [2.75, 3.05) is 6.54 Å². The van der Waals surface area contributed by atoms with Gasteiger partial charge >= 0.3 is 6.03 Å². The van der Waals surface area contributed by atoms with Gasteiger partial charge in [0, 0.05) is 29.1 Å². The Morgan fingerprint density at radius 3 is 2.81 bits per heavy atom. The molecule has 0 bridgehead atoms. The van der Waals surface area contributed by atoms with Gasteiger partial charge in [-0.3, -0.25) is 0 Å². The monoisotopic (exact) mass is 286 g/mol. The summed E-state index contributed by atoms with van der Waals surface area (Å²) in [6.45, 7) is 4.84. The summed E-state index contributed by atoms with van der Waals surface area (Å²) < 4.78 is 0. The highest BCUT2D eigenvalue weighted by Gasteiger charge is 2.32. The summed E-state index contributed by atoms with van der Waals surface area (Å²) in [5, 5.41) is 7.15. The molecule has 3 rings (SSSR count). The number of nitrogens with one attached hydrogen (secondary N) is 3. The van der Waals surface area contributed by atoms with Crippen LogP contribution in [0.2, 0.25) is 0 Å². The lowest BCUT2D eigenvalue weighted by Gasteiger charge is -2.22. The first-order valence-corrected chi connectivity index (χ1v) is 7.47. The first-order chi connectivity index (χ1) is 10.1. The van der Waals surface area contributed by atoms with E-state index in [9.17, 15) is 4.79 Å². The van der Waals surface area contributed by atoms with Crippen LogP contribution < -0.4 is 16.4 Å². The highest BCUT2D eigenvalue weighted by Crippen LogP contribution is 2.28. The van der Waals surface area contributed by atoms with Crippen molar-refractivity contribution in [1.82, 2.24) is 15.6 Å². The van der Waals surface area contributed by atoms with Gasteiger partial charge in [-0.2, -0.15) is 0 Å². The van der Waals surface area contributed by atoms with E-state index in [0.29, 0.717) is 6.54 Å². The first kappa shape index (κ1) is 13.9. The van der Waals surface area contributed by atoms with Crippen LogP contribution in [0.1, 0.15) is 30.9 Å². The zero-order valence-electron chi connectivity index (χ0n) is 12.4. The summed E-state index contributed by atoms with van der Waals surface area (Å²) in [7, 11) is 0. The van der Waals surface area contributed by atoms with E-state index in [4.69, 9.17) is 5.73 Å². The molecule has 1 aliphatic heterocycles. The van der Waals surface area contributed by atoms with Crippen LogP contribution in [-0.2, 0) is 6.42 Å². The predicted molar refractivity (Wildman–Crippen MR) is 84.4 cm³/mol. The van der Waals surface area contributed by atoms with Crippen LogP contribution in [0.4, 0.5) is 4.79 Å². The predicted octanol–water partition coefficient (Wildman–Crippen LogP) is 1.84. The Balaban J connectivity index is 1.92. The van der Waals surface area contributed by atoms with E-state index in [1.54, 1.807) is 0 Å². The summed E-state index contributed by atoms with van der Waals surface area (Å²) in [4.78, 5) is 14.8. The van der Waals surface area contributed by atoms with Crippen molar-refractivity contribution in [3.63, 3.8) is 0 Å². The lowest BCUT2D eigenvalue weighted by molar-refractivity contribution is 0.246. The normalized spacial score (nSPS) is 23.1. The number of H-pyrrole nitrogens is 1. The van der Waals surface area contributed by atoms with E-state index in [1.165, 1.54) is 16.5 Å². The van der Waals surface area contributed by atoms with Gasteiger partial charge in [0.1, 0.15) is 0 Å². The number of fused-ring (bicyclic) bond motifs is 1. The molecule has 5 nitrogen and oxygen atoms in total. The number of carbonyl (C=O) groups is 1. The molecule has 0 radical (unpaired) electrons. The number of aromatic amines is 1. The summed E-state index contributed by atoms with van der Waals surface area (Å²) in [6.07, 6.45) is 2.91. The molecular weight excluding hydrogens is 264 g/mol. The maximum Gasteiger partial charge on any atom is 0.315 e. The van der Waals surface area contributed by atoms with Crippen LogP contribution in [0.5, 0.6) is 0 Å². The number of nitrogens with two attached hydrogens (primary N) is 1. The number of benzene rings is 1. The molecule has 1 aliphatic rings. The lowest BCUT2D eigenvalue weighted by atomic mass is 9.89. The number of rotatable bonds is 4. The molecule has 1 aromatic carbocycles. The second kappa shape index (κ2) is 5.41. The van der Waals surface area contributed by atoms with E-state index >= 15 is 0 Å². The molecule has 21 heavy (non-hydrogen) atoms. The molecule has 2 amide bonds. The summed E-state index contributed by atoms with van der Waals surface area (Å²) in [5.74, 6) is 0.254. The van der Waals surface area contributed by atoms with Gasteiger partial charge in [-0.25, -0.2) is 4.79 Å². The third-order valence-corrected chi connectivity index (χ3v) is 4.46. The number of hydrogen-bond acceptors (Lipinski definition) is 2. The van der Waals surface area contributed by atoms with Crippen LogP contribution >= 0.6 is 0 Å². The Hall–Kier alpha value is -2.01. The van der Waals surface area contributed by atoms with E-state index in [2.05, 4.69) is 40.7 Å². The number of carbonyl (C=O) groups excluding carboxylic acids is 1. The second-order valence-electron chi connectivity index (χ2n) is 5.88. The maximum absolute atomic E-state index is 11.5. The van der Waals surface area contributed by atoms with Gasteiger partial charge < -0.3 is 21.4 Å². The zero-order valence-corrected chi connectivity index (χ0v) is 12.4. The third-order valence-electron chi connectivity index (χ3n) is 4.46. The summed E-state index contributed by atoms with van der Waals surface area (Å²) in [6, 6.07) is 6.64. The van der Waals surface area contributed by atoms with E-state index in [-0.39, 0.29) is 24.0 Å². The van der Waals surface area contributed by atoms with Gasteiger partial charge in [-0.15, -0.1) is 0 Å². The van der Waals surface area contributed by atoms with Gasteiger partial charge in [0.2, 0.25) is 0 Å². The van der Waals surface area contributed by atoms with E-state index < -0.39 is 0 Å². The Morgan fingerprint density at radius 1 is 1.33 bits per heavy atom. The van der Waals surface area contributed by atoms with Gasteiger partial charge in [0.05, 0.1) is 6.04 Å². The number of urea groups is 1. The molecular formula is C16H22N4O. The Morgan fingerprint density at radius 2 is 2.14 bits per heavy atom. The first-order valence-electron chi connectivity index (χ1n) is 7.47. The molecule has 0 aliphatic carbocycles. The molecule has 2 heterocycles. The summed E-state index contributed by atoms with van der Waals surface area (Å²) in [5.41, 5.74) is 9.30. The largest absolute Gasteiger partial charge is 0.361 e. The van der Waals surface area contributed by atoms with Gasteiger partial charge in [0.25, 0.3) is 0 Å². The van der Waals surface area contributed by atoms with Crippen molar-refractivity contribution in [1.29, 1.82) is 0 Å². The SMILES string of the molecule is CC1NC(=O)NC1C(C)c1ccc2[nH]cc(CCN)c2c1. The smallest absolute Gasteiger partial charge is 0.315 e. The van der Waals surface area contributed by atoms with Crippen LogP contribution in [-0.4, -0.2) is 29.6 Å². The maximum atomic E-state index is 11.5. The van der Waals surface area contributed by atoms with Gasteiger partial charge in [-0.1, -0.05) is 13.0 Å². The molecule has 1 saturated heterocycles. The van der Waals surface area contributed by atoms with E-state index in [0.717, 1.165) is 11.9 Å². The van der Waals surface area contributed by atoms with Gasteiger partial charge in [0.15, 0.2) is 0 Å². The molecule has 5 heteroatoms. The van der Waals surface area contributed by atoms with Crippen LogP contribution in [0, 0.1) is 0 Å². The van der Waals surface area contributed by atoms with Crippen LogP contribution in [0.25, 0.3) is 10.9 Å². The zero-order chi connectivity index (χ0) is 15.0. The quantitative estimate of drug-likeness (QED) is 0.691. The van der Waals surface area contributed by atoms with Crippen molar-refractivity contribution in [2.24, 2.45) is 5.73 Å². The molecule has 3 unspecified atom stereocenters. The van der Waals surface area contributed by atoms with Crippen LogP contribution in [0.15, 0.2) is 24.4 Å². The summed E-state index contributed by atoms with van der Waals surface area (Å²) >= 11 is 0. The molecule has 1 aromatic heterocycles. The number of aromatic nitrogens is 1. The Bertz CT molecular complexity index is 663. The fourth-order valence-electron chi connectivity index (χ4n) is 3.22. The minimum absolute atomic E-state index is 0.0779. The molecule has 5 N–H and O–H groups in total. The highest BCUT2D eigenvalue weighted by atomic mass is 16.2. The topological polar surface area (TPSA) is 82.9 Å². The number of amides is 2. The molecule has 1 fully saturated rings. The van der Waals surface area contributed by atoms with Crippen molar-refractivity contribution < 1.29 is 4.79 Å². The molecule has 112 valence electrons. The minimum atomic E-state index is -0.0779. The fourth-order valence-corrected chi connectivity index (χ4v) is 3.22. The minimum Gasteiger partial charge on any atom is -0.361 e. The Labute approximate surface area is 124 Å². The molecule has 3 atom stereocenters. The second-order valence-corrected chi connectivity index (χ2v) is 5.88. The highest BCUT2D eigenvalue weighted by molar-refractivity contribution is 5.84. The average molecular weight is 286 g/mol. The van der Waals surface area contributed by atoms with Gasteiger partial charge in [-0.05, 0) is 43.1 Å². The lowest BCUT2D eigenvalue weighted by Crippen LogP contribution is -2.35. The molecule has 0 spiro atoms. The Kier molecular flexibility index (Phi) is 3.59. The van der Waals surface area contributed by atoms with Crippen molar-refractivity contribution in [3.8, 4) is 0 Å².